The number of benzene rings is 1. The number of rotatable bonds is 5. The van der Waals surface area contributed by atoms with Gasteiger partial charge in [0.2, 0.25) is 5.91 Å². The lowest BCUT2D eigenvalue weighted by atomic mass is 10.1. The van der Waals surface area contributed by atoms with E-state index in [0.717, 1.165) is 15.8 Å². The molecule has 2 atom stereocenters. The molecule has 5 heteroatoms. The van der Waals surface area contributed by atoms with Crippen molar-refractivity contribution < 1.29 is 9.53 Å². The maximum atomic E-state index is 11.0. The lowest BCUT2D eigenvalue weighted by molar-refractivity contribution is -0.119. The van der Waals surface area contributed by atoms with Crippen molar-refractivity contribution in [2.75, 3.05) is 7.11 Å². The van der Waals surface area contributed by atoms with Crippen molar-refractivity contribution in [2.24, 2.45) is 5.73 Å². The number of carbonyl (C=O) groups is 1. The van der Waals surface area contributed by atoms with Gasteiger partial charge in [-0.3, -0.25) is 10.1 Å². The number of nitrogens with one attached hydrogen (secondary N) is 1. The van der Waals surface area contributed by atoms with Crippen molar-refractivity contribution in [3.05, 3.63) is 28.2 Å². The van der Waals surface area contributed by atoms with Crippen molar-refractivity contribution in [2.45, 2.75) is 25.9 Å². The van der Waals surface area contributed by atoms with Crippen molar-refractivity contribution in [3.63, 3.8) is 0 Å². The molecule has 0 spiro atoms. The summed E-state index contributed by atoms with van der Waals surface area (Å²) in [5.74, 6) is 0.424. The number of nitrogens with two attached hydrogens (primary N) is 1. The highest BCUT2D eigenvalue weighted by molar-refractivity contribution is 9.10. The first-order chi connectivity index (χ1) is 7.95. The molecule has 1 amide bonds. The molecule has 1 aromatic carbocycles. The van der Waals surface area contributed by atoms with Crippen LogP contribution in [0.15, 0.2) is 22.7 Å². The SMILES string of the molecule is COc1ccc(C(C)NC(C)C(N)=O)cc1Br. The molecule has 0 aromatic heterocycles. The summed E-state index contributed by atoms with van der Waals surface area (Å²) in [7, 11) is 1.62. The molecule has 3 N–H and O–H groups in total. The van der Waals surface area contributed by atoms with Gasteiger partial charge in [-0.25, -0.2) is 0 Å². The van der Waals surface area contributed by atoms with Crippen LogP contribution in [-0.2, 0) is 4.79 Å². The molecule has 0 saturated carbocycles. The number of hydrogen-bond donors (Lipinski definition) is 2. The Hall–Kier alpha value is -1.07. The van der Waals surface area contributed by atoms with Crippen LogP contribution in [0.1, 0.15) is 25.5 Å². The summed E-state index contributed by atoms with van der Waals surface area (Å²) in [6, 6.07) is 5.48. The number of ether oxygens (including phenoxy) is 1. The van der Waals surface area contributed by atoms with Gasteiger partial charge >= 0.3 is 0 Å². The van der Waals surface area contributed by atoms with Crippen LogP contribution in [0.3, 0.4) is 0 Å². The smallest absolute Gasteiger partial charge is 0.234 e. The van der Waals surface area contributed by atoms with E-state index < -0.39 is 0 Å². The maximum Gasteiger partial charge on any atom is 0.234 e. The molecule has 0 bridgehead atoms. The summed E-state index contributed by atoms with van der Waals surface area (Å²) < 4.78 is 6.04. The Balaban J connectivity index is 2.79. The predicted molar refractivity (Wildman–Crippen MR) is 70.9 cm³/mol. The lowest BCUT2D eigenvalue weighted by Crippen LogP contribution is -2.39. The third-order valence-electron chi connectivity index (χ3n) is 2.60. The number of amides is 1. The second kappa shape index (κ2) is 6.02. The Kier molecular flexibility index (Phi) is 4.96. The molecule has 0 heterocycles. The van der Waals surface area contributed by atoms with E-state index in [4.69, 9.17) is 10.5 Å². The fourth-order valence-corrected chi connectivity index (χ4v) is 2.06. The molecule has 94 valence electrons. The average Bonchev–Trinajstić information content (AvgIpc) is 2.28. The molecule has 0 aliphatic heterocycles. The van der Waals surface area contributed by atoms with Crippen LogP contribution in [-0.4, -0.2) is 19.1 Å². The standard InChI is InChI=1S/C12H17BrN2O2/c1-7(15-8(2)12(14)16)9-4-5-11(17-3)10(13)6-9/h4-8,15H,1-3H3,(H2,14,16). The summed E-state index contributed by atoms with van der Waals surface area (Å²) in [4.78, 5) is 11.0. The monoisotopic (exact) mass is 300 g/mol. The Labute approximate surface area is 110 Å². The molecule has 0 aliphatic rings. The van der Waals surface area contributed by atoms with Crippen LogP contribution in [0.25, 0.3) is 0 Å². The molecule has 1 rings (SSSR count). The van der Waals surface area contributed by atoms with E-state index in [2.05, 4.69) is 21.2 Å². The molecule has 0 fully saturated rings. The second-order valence-corrected chi connectivity index (χ2v) is 4.76. The van der Waals surface area contributed by atoms with Crippen molar-refractivity contribution in [1.82, 2.24) is 5.32 Å². The fourth-order valence-electron chi connectivity index (χ4n) is 1.51. The number of hydrogen-bond acceptors (Lipinski definition) is 3. The van der Waals surface area contributed by atoms with Crippen molar-refractivity contribution in [3.8, 4) is 5.75 Å². The van der Waals surface area contributed by atoms with Crippen LogP contribution in [0, 0.1) is 0 Å². The van der Waals surface area contributed by atoms with E-state index in [1.165, 1.54) is 0 Å². The van der Waals surface area contributed by atoms with Gasteiger partial charge in [0.25, 0.3) is 0 Å². The van der Waals surface area contributed by atoms with Gasteiger partial charge in [-0.1, -0.05) is 6.07 Å². The molecule has 0 radical (unpaired) electrons. The first-order valence-electron chi connectivity index (χ1n) is 5.34. The summed E-state index contributed by atoms with van der Waals surface area (Å²) >= 11 is 3.43. The lowest BCUT2D eigenvalue weighted by Gasteiger charge is -2.18. The van der Waals surface area contributed by atoms with Crippen LogP contribution in [0.4, 0.5) is 0 Å². The first kappa shape index (κ1) is 14.0. The number of carbonyl (C=O) groups excluding carboxylic acids is 1. The van der Waals surface area contributed by atoms with Crippen LogP contribution in [0.5, 0.6) is 5.75 Å². The number of primary amides is 1. The Morgan fingerprint density at radius 3 is 2.59 bits per heavy atom. The summed E-state index contributed by atoms with van der Waals surface area (Å²) in [5.41, 5.74) is 6.27. The molecule has 2 unspecified atom stereocenters. The van der Waals surface area contributed by atoms with Gasteiger partial charge in [-0.05, 0) is 47.5 Å². The van der Waals surface area contributed by atoms with Gasteiger partial charge in [-0.2, -0.15) is 0 Å². The van der Waals surface area contributed by atoms with E-state index >= 15 is 0 Å². The molecular formula is C12H17BrN2O2. The molecule has 0 saturated heterocycles. The first-order valence-corrected chi connectivity index (χ1v) is 6.13. The Morgan fingerprint density at radius 2 is 2.12 bits per heavy atom. The van der Waals surface area contributed by atoms with Gasteiger partial charge in [0, 0.05) is 6.04 Å². The minimum absolute atomic E-state index is 0.0414. The molecule has 17 heavy (non-hydrogen) atoms. The van der Waals surface area contributed by atoms with E-state index in [1.807, 2.05) is 25.1 Å². The summed E-state index contributed by atoms with van der Waals surface area (Å²) in [6.07, 6.45) is 0. The summed E-state index contributed by atoms with van der Waals surface area (Å²) in [5, 5.41) is 3.12. The van der Waals surface area contributed by atoms with Gasteiger partial charge in [0.1, 0.15) is 5.75 Å². The zero-order valence-electron chi connectivity index (χ0n) is 10.2. The third kappa shape index (κ3) is 3.71. The van der Waals surface area contributed by atoms with Crippen molar-refractivity contribution in [1.29, 1.82) is 0 Å². The fraction of sp³-hybridized carbons (Fsp3) is 0.417. The zero-order valence-corrected chi connectivity index (χ0v) is 11.7. The Morgan fingerprint density at radius 1 is 1.47 bits per heavy atom. The highest BCUT2D eigenvalue weighted by atomic mass is 79.9. The second-order valence-electron chi connectivity index (χ2n) is 3.91. The van der Waals surface area contributed by atoms with E-state index in [-0.39, 0.29) is 18.0 Å². The topological polar surface area (TPSA) is 64.3 Å². The predicted octanol–water partition coefficient (Wildman–Crippen LogP) is 1.98. The third-order valence-corrected chi connectivity index (χ3v) is 3.22. The largest absolute Gasteiger partial charge is 0.496 e. The minimum atomic E-state index is -0.357. The quantitative estimate of drug-likeness (QED) is 0.874. The molecule has 0 aliphatic carbocycles. The van der Waals surface area contributed by atoms with Crippen LogP contribution < -0.4 is 15.8 Å². The van der Waals surface area contributed by atoms with Crippen LogP contribution >= 0.6 is 15.9 Å². The van der Waals surface area contributed by atoms with E-state index in [0.29, 0.717) is 0 Å². The van der Waals surface area contributed by atoms with E-state index in [9.17, 15) is 4.79 Å². The van der Waals surface area contributed by atoms with Gasteiger partial charge < -0.3 is 10.5 Å². The summed E-state index contributed by atoms with van der Waals surface area (Å²) in [6.45, 7) is 3.73. The molecule has 1 aromatic rings. The number of methoxy groups -OCH3 is 1. The van der Waals surface area contributed by atoms with Gasteiger partial charge in [-0.15, -0.1) is 0 Å². The molecular weight excluding hydrogens is 284 g/mol. The van der Waals surface area contributed by atoms with Gasteiger partial charge in [0.05, 0.1) is 17.6 Å². The highest BCUT2D eigenvalue weighted by Gasteiger charge is 2.14. The normalized spacial score (nSPS) is 14.1. The maximum absolute atomic E-state index is 11.0. The highest BCUT2D eigenvalue weighted by Crippen LogP contribution is 2.28. The molecule has 4 nitrogen and oxygen atoms in total. The van der Waals surface area contributed by atoms with Crippen molar-refractivity contribution >= 4 is 21.8 Å². The average molecular weight is 301 g/mol. The Bertz CT molecular complexity index is 409. The zero-order chi connectivity index (χ0) is 13.0. The van der Waals surface area contributed by atoms with E-state index in [1.54, 1.807) is 14.0 Å². The minimum Gasteiger partial charge on any atom is -0.496 e. The van der Waals surface area contributed by atoms with Crippen LogP contribution in [0.2, 0.25) is 0 Å². The van der Waals surface area contributed by atoms with Gasteiger partial charge in [0.15, 0.2) is 0 Å². The number of halogens is 1.